The molecule has 1 N–H and O–H groups in total. The van der Waals surface area contributed by atoms with Crippen LogP contribution in [0.3, 0.4) is 0 Å². The van der Waals surface area contributed by atoms with Crippen molar-refractivity contribution in [3.63, 3.8) is 0 Å². The number of anilines is 1. The molecule has 18 heavy (non-hydrogen) atoms. The van der Waals surface area contributed by atoms with Gasteiger partial charge in [0.2, 0.25) is 10.0 Å². The molecule has 0 saturated carbocycles. The van der Waals surface area contributed by atoms with Gasteiger partial charge in [-0.2, -0.15) is 5.26 Å². The van der Waals surface area contributed by atoms with Crippen molar-refractivity contribution in [3.05, 3.63) is 28.2 Å². The molecule has 0 saturated heterocycles. The first-order valence-electron chi connectivity index (χ1n) is 4.51. The molecule has 98 valence electrons. The Morgan fingerprint density at radius 2 is 1.94 bits per heavy atom. The van der Waals surface area contributed by atoms with Crippen molar-refractivity contribution in [3.8, 4) is 6.07 Å². The number of nitrogens with zero attached hydrogens (tertiary/aromatic N) is 1. The summed E-state index contributed by atoms with van der Waals surface area (Å²) in [6, 6.07) is 6.19. The highest BCUT2D eigenvalue weighted by Crippen LogP contribution is 2.22. The molecule has 0 atom stereocenters. The highest BCUT2D eigenvalue weighted by molar-refractivity contribution is 9.10. The summed E-state index contributed by atoms with van der Waals surface area (Å²) >= 11 is 3.13. The lowest BCUT2D eigenvalue weighted by molar-refractivity contribution is 0.595. The number of sulfone groups is 1. The minimum atomic E-state index is -4.05. The number of hydrogen-bond acceptors (Lipinski definition) is 5. The average Bonchev–Trinajstić information content (AvgIpc) is 2.13. The standard InChI is InChI=1S/C9H9BrN2O4S2/c1-17(13,14)6-18(15,16)12-9-4-8(10)3-2-7(9)5-11/h2-4,12H,6H2,1H3. The minimum Gasteiger partial charge on any atom is -0.281 e. The fraction of sp³-hybridized carbons (Fsp3) is 0.222. The maximum Gasteiger partial charge on any atom is 0.247 e. The molecule has 1 aromatic rings. The van der Waals surface area contributed by atoms with Gasteiger partial charge in [-0.15, -0.1) is 0 Å². The van der Waals surface area contributed by atoms with Crippen LogP contribution in [0.5, 0.6) is 0 Å². The zero-order valence-electron chi connectivity index (χ0n) is 9.21. The first-order chi connectivity index (χ1) is 8.13. The summed E-state index contributed by atoms with van der Waals surface area (Å²) in [4.78, 5) is 0. The molecule has 0 heterocycles. The Morgan fingerprint density at radius 1 is 1.33 bits per heavy atom. The summed E-state index contributed by atoms with van der Waals surface area (Å²) in [7, 11) is -7.73. The first kappa shape index (κ1) is 14.9. The van der Waals surface area contributed by atoms with E-state index in [0.29, 0.717) is 4.47 Å². The lowest BCUT2D eigenvalue weighted by Crippen LogP contribution is -2.22. The van der Waals surface area contributed by atoms with Crippen molar-refractivity contribution in [2.24, 2.45) is 0 Å². The topological polar surface area (TPSA) is 104 Å². The molecular formula is C9H9BrN2O4S2. The van der Waals surface area contributed by atoms with Crippen molar-refractivity contribution in [2.75, 3.05) is 16.1 Å². The second-order valence-electron chi connectivity index (χ2n) is 3.56. The third kappa shape index (κ3) is 4.64. The molecule has 0 spiro atoms. The summed E-state index contributed by atoms with van der Waals surface area (Å²) < 4.78 is 47.7. The van der Waals surface area contributed by atoms with Crippen LogP contribution in [0.1, 0.15) is 5.56 Å². The molecule has 1 rings (SSSR count). The van der Waals surface area contributed by atoms with E-state index < -0.39 is 24.9 Å². The fourth-order valence-corrected chi connectivity index (χ4v) is 4.53. The number of sulfonamides is 1. The molecule has 0 bridgehead atoms. The molecule has 0 fully saturated rings. The second kappa shape index (κ2) is 5.26. The summed E-state index contributed by atoms with van der Waals surface area (Å²) in [5.41, 5.74) is 0.144. The van der Waals surface area contributed by atoms with Gasteiger partial charge in [0.25, 0.3) is 0 Å². The van der Waals surface area contributed by atoms with Crippen LogP contribution in [0.4, 0.5) is 5.69 Å². The van der Waals surface area contributed by atoms with Gasteiger partial charge in [0, 0.05) is 10.7 Å². The Bertz CT molecular complexity index is 705. The number of halogens is 1. The van der Waals surface area contributed by atoms with Crippen molar-refractivity contribution < 1.29 is 16.8 Å². The van der Waals surface area contributed by atoms with E-state index in [0.717, 1.165) is 6.26 Å². The molecule has 1 aromatic carbocycles. The molecular weight excluding hydrogens is 344 g/mol. The van der Waals surface area contributed by atoms with E-state index in [2.05, 4.69) is 20.7 Å². The zero-order chi connectivity index (χ0) is 14.0. The van der Waals surface area contributed by atoms with Gasteiger partial charge in [0.05, 0.1) is 11.3 Å². The lowest BCUT2D eigenvalue weighted by atomic mass is 10.2. The Morgan fingerprint density at radius 3 is 2.44 bits per heavy atom. The zero-order valence-corrected chi connectivity index (χ0v) is 12.4. The number of benzene rings is 1. The van der Waals surface area contributed by atoms with Crippen LogP contribution < -0.4 is 4.72 Å². The normalized spacial score (nSPS) is 11.8. The SMILES string of the molecule is CS(=O)(=O)CS(=O)(=O)Nc1cc(Br)ccc1C#N. The van der Waals surface area contributed by atoms with Gasteiger partial charge in [0.15, 0.2) is 14.9 Å². The minimum absolute atomic E-state index is 0.0375. The van der Waals surface area contributed by atoms with E-state index in [1.807, 2.05) is 6.07 Å². The Labute approximate surface area is 114 Å². The summed E-state index contributed by atoms with van der Waals surface area (Å²) in [5.74, 6) is 0. The monoisotopic (exact) mass is 352 g/mol. The van der Waals surface area contributed by atoms with E-state index in [9.17, 15) is 16.8 Å². The van der Waals surface area contributed by atoms with Crippen LogP contribution in [0.15, 0.2) is 22.7 Å². The molecule has 0 aromatic heterocycles. The van der Waals surface area contributed by atoms with Crippen LogP contribution in [0.25, 0.3) is 0 Å². The van der Waals surface area contributed by atoms with Crippen LogP contribution in [0, 0.1) is 11.3 Å². The van der Waals surface area contributed by atoms with Crippen molar-refractivity contribution in [1.29, 1.82) is 5.26 Å². The maximum absolute atomic E-state index is 11.6. The molecule has 0 amide bonds. The van der Waals surface area contributed by atoms with E-state index in [1.165, 1.54) is 12.1 Å². The summed E-state index contributed by atoms with van der Waals surface area (Å²) in [6.45, 7) is 0. The predicted molar refractivity (Wildman–Crippen MR) is 71.1 cm³/mol. The van der Waals surface area contributed by atoms with Crippen molar-refractivity contribution in [1.82, 2.24) is 0 Å². The number of hydrogen-bond donors (Lipinski definition) is 1. The van der Waals surface area contributed by atoms with E-state index >= 15 is 0 Å². The number of nitriles is 1. The average molecular weight is 353 g/mol. The van der Waals surface area contributed by atoms with Gasteiger partial charge in [-0.3, -0.25) is 4.72 Å². The van der Waals surface area contributed by atoms with Crippen LogP contribution in [-0.2, 0) is 19.9 Å². The van der Waals surface area contributed by atoms with Crippen LogP contribution in [-0.4, -0.2) is 28.2 Å². The largest absolute Gasteiger partial charge is 0.281 e. The Kier molecular flexibility index (Phi) is 4.37. The quantitative estimate of drug-likeness (QED) is 0.872. The Balaban J connectivity index is 3.13. The van der Waals surface area contributed by atoms with Crippen LogP contribution >= 0.6 is 15.9 Å². The second-order valence-corrected chi connectivity index (χ2v) is 8.71. The van der Waals surface area contributed by atoms with Gasteiger partial charge >= 0.3 is 0 Å². The van der Waals surface area contributed by atoms with Crippen molar-refractivity contribution >= 4 is 41.5 Å². The van der Waals surface area contributed by atoms with Crippen LogP contribution in [0.2, 0.25) is 0 Å². The third-order valence-corrected chi connectivity index (χ3v) is 5.71. The maximum atomic E-state index is 11.6. The number of nitrogens with one attached hydrogen (secondary N) is 1. The van der Waals surface area contributed by atoms with Crippen molar-refractivity contribution in [2.45, 2.75) is 0 Å². The molecule has 0 aliphatic heterocycles. The smallest absolute Gasteiger partial charge is 0.247 e. The summed E-state index contributed by atoms with van der Waals surface area (Å²) in [5, 5.41) is 7.79. The molecule has 0 aliphatic rings. The number of rotatable bonds is 4. The molecule has 9 heteroatoms. The van der Waals surface area contributed by atoms with E-state index in [-0.39, 0.29) is 11.3 Å². The molecule has 0 unspecified atom stereocenters. The summed E-state index contributed by atoms with van der Waals surface area (Å²) in [6.07, 6.45) is 0.818. The van der Waals surface area contributed by atoms with Gasteiger partial charge in [-0.05, 0) is 18.2 Å². The predicted octanol–water partition coefficient (Wildman–Crippen LogP) is 1.06. The van der Waals surface area contributed by atoms with E-state index in [4.69, 9.17) is 5.26 Å². The lowest BCUT2D eigenvalue weighted by Gasteiger charge is -2.08. The molecule has 0 aliphatic carbocycles. The van der Waals surface area contributed by atoms with Gasteiger partial charge < -0.3 is 0 Å². The molecule has 6 nitrogen and oxygen atoms in total. The fourth-order valence-electron chi connectivity index (χ4n) is 1.18. The Hall–Kier alpha value is -1.11. The highest BCUT2D eigenvalue weighted by Gasteiger charge is 2.19. The van der Waals surface area contributed by atoms with E-state index in [1.54, 1.807) is 6.07 Å². The molecule has 0 radical (unpaired) electrons. The highest BCUT2D eigenvalue weighted by atomic mass is 79.9. The van der Waals surface area contributed by atoms with Gasteiger partial charge in [-0.1, -0.05) is 15.9 Å². The first-order valence-corrected chi connectivity index (χ1v) is 9.01. The van der Waals surface area contributed by atoms with Gasteiger partial charge in [0.1, 0.15) is 6.07 Å². The van der Waals surface area contributed by atoms with Gasteiger partial charge in [-0.25, -0.2) is 16.8 Å². The third-order valence-electron chi connectivity index (χ3n) is 1.74.